The molecule has 4 rings (SSSR count). The maximum atomic E-state index is 5.95. The van der Waals surface area contributed by atoms with Crippen molar-refractivity contribution in [2.24, 2.45) is 16.3 Å². The number of nitrogens with one attached hydrogen (secondary N) is 2. The first-order valence-corrected chi connectivity index (χ1v) is 11.5. The summed E-state index contributed by atoms with van der Waals surface area (Å²) in [5, 5.41) is 7.35. The molecule has 2 heterocycles. The van der Waals surface area contributed by atoms with Crippen molar-refractivity contribution in [3.63, 3.8) is 0 Å². The molecule has 1 aromatic carbocycles. The first-order chi connectivity index (χ1) is 14.5. The van der Waals surface area contributed by atoms with Gasteiger partial charge in [0.25, 0.3) is 0 Å². The summed E-state index contributed by atoms with van der Waals surface area (Å²) in [6.07, 6.45) is 5.42. The summed E-state index contributed by atoms with van der Waals surface area (Å²) in [5.74, 6) is 2.40. The van der Waals surface area contributed by atoms with Crippen molar-refractivity contribution in [2.75, 3.05) is 40.4 Å². The summed E-state index contributed by atoms with van der Waals surface area (Å²) in [6.45, 7) is 8.64. The smallest absolute Gasteiger partial charge is 0.191 e. The molecule has 166 valence electrons. The second-order valence-corrected chi connectivity index (χ2v) is 9.53. The minimum atomic E-state index is 0.140. The average molecular weight is 415 g/mol. The van der Waals surface area contributed by atoms with E-state index in [1.807, 2.05) is 7.05 Å². The van der Waals surface area contributed by atoms with Crippen LogP contribution < -0.4 is 15.4 Å². The van der Waals surface area contributed by atoms with E-state index >= 15 is 0 Å². The molecule has 3 aliphatic rings. The lowest BCUT2D eigenvalue weighted by Crippen LogP contribution is -2.68. The number of hydrogen-bond acceptors (Lipinski definition) is 4. The maximum Gasteiger partial charge on any atom is 0.191 e. The van der Waals surface area contributed by atoms with Gasteiger partial charge < -0.3 is 20.1 Å². The van der Waals surface area contributed by atoms with Crippen molar-refractivity contribution in [3.05, 3.63) is 29.8 Å². The molecule has 0 radical (unpaired) electrons. The van der Waals surface area contributed by atoms with Gasteiger partial charge in [-0.25, -0.2) is 0 Å². The second-order valence-electron chi connectivity index (χ2n) is 9.53. The lowest BCUT2D eigenvalue weighted by molar-refractivity contribution is -0.106. The zero-order chi connectivity index (χ0) is 21.1. The van der Waals surface area contributed by atoms with Crippen molar-refractivity contribution < 1.29 is 9.47 Å². The van der Waals surface area contributed by atoms with E-state index < -0.39 is 0 Å². The number of likely N-dealkylation sites (tertiary alicyclic amines) is 1. The maximum absolute atomic E-state index is 5.95. The lowest BCUT2D eigenvalue weighted by Gasteiger charge is -2.55. The lowest BCUT2D eigenvalue weighted by atomic mass is 9.57. The van der Waals surface area contributed by atoms with Gasteiger partial charge in [-0.05, 0) is 50.0 Å². The molecule has 6 heteroatoms. The van der Waals surface area contributed by atoms with Crippen molar-refractivity contribution >= 4 is 5.96 Å². The van der Waals surface area contributed by atoms with Crippen LogP contribution in [0.1, 0.15) is 51.1 Å². The topological polar surface area (TPSA) is 58.1 Å². The van der Waals surface area contributed by atoms with Crippen molar-refractivity contribution in [2.45, 2.75) is 57.7 Å². The second kappa shape index (κ2) is 9.15. The number of aliphatic imine (C=N–C) groups is 1. The number of rotatable bonds is 6. The van der Waals surface area contributed by atoms with E-state index in [1.165, 1.54) is 24.8 Å². The van der Waals surface area contributed by atoms with Gasteiger partial charge in [0.2, 0.25) is 0 Å². The van der Waals surface area contributed by atoms with Gasteiger partial charge in [-0.2, -0.15) is 0 Å². The fourth-order valence-electron chi connectivity index (χ4n) is 5.67. The van der Waals surface area contributed by atoms with Gasteiger partial charge in [0.15, 0.2) is 5.96 Å². The van der Waals surface area contributed by atoms with Crippen molar-refractivity contribution in [3.8, 4) is 5.75 Å². The number of hydrogen-bond donors (Lipinski definition) is 2. The Kier molecular flexibility index (Phi) is 6.54. The Hall–Kier alpha value is -1.79. The van der Waals surface area contributed by atoms with Crippen LogP contribution in [0.25, 0.3) is 0 Å². The normalized spacial score (nSPS) is 29.6. The molecule has 1 aromatic rings. The first-order valence-electron chi connectivity index (χ1n) is 11.5. The number of fused-ring (bicyclic) bond motifs is 1. The van der Waals surface area contributed by atoms with Crippen LogP contribution in [-0.2, 0) is 4.74 Å². The number of nitrogens with zero attached hydrogens (tertiary/aromatic N) is 2. The monoisotopic (exact) mass is 414 g/mol. The van der Waals surface area contributed by atoms with Gasteiger partial charge in [-0.3, -0.25) is 9.89 Å². The van der Waals surface area contributed by atoms with Crippen LogP contribution in [0.5, 0.6) is 5.75 Å². The third kappa shape index (κ3) is 4.17. The quantitative estimate of drug-likeness (QED) is 0.553. The van der Waals surface area contributed by atoms with Crippen LogP contribution >= 0.6 is 0 Å². The molecule has 0 aromatic heterocycles. The molecule has 0 amide bonds. The molecular formula is C24H38N4O2. The zero-order valence-corrected chi connectivity index (χ0v) is 19.0. The van der Waals surface area contributed by atoms with Crippen LogP contribution in [-0.4, -0.2) is 63.4 Å². The largest absolute Gasteiger partial charge is 0.497 e. The fourth-order valence-corrected chi connectivity index (χ4v) is 5.67. The Morgan fingerprint density at radius 2 is 1.97 bits per heavy atom. The van der Waals surface area contributed by atoms with Gasteiger partial charge in [0.05, 0.1) is 19.3 Å². The summed E-state index contributed by atoms with van der Waals surface area (Å²) in [4.78, 5) is 7.15. The Labute approximate surface area is 181 Å². The Morgan fingerprint density at radius 1 is 1.23 bits per heavy atom. The number of benzene rings is 1. The van der Waals surface area contributed by atoms with E-state index in [9.17, 15) is 0 Å². The number of guanidine groups is 1. The predicted molar refractivity (Wildman–Crippen MR) is 121 cm³/mol. The van der Waals surface area contributed by atoms with E-state index in [2.05, 4.69) is 58.6 Å². The van der Waals surface area contributed by atoms with Crippen molar-refractivity contribution in [1.82, 2.24) is 15.5 Å². The zero-order valence-electron chi connectivity index (χ0n) is 19.0. The van der Waals surface area contributed by atoms with Crippen LogP contribution in [0.3, 0.4) is 0 Å². The summed E-state index contributed by atoms with van der Waals surface area (Å²) in [7, 11) is 3.59. The minimum Gasteiger partial charge on any atom is -0.497 e. The van der Waals surface area contributed by atoms with Crippen molar-refractivity contribution in [1.29, 1.82) is 0 Å². The molecule has 4 unspecified atom stereocenters. The van der Waals surface area contributed by atoms with E-state index in [4.69, 9.17) is 9.47 Å². The van der Waals surface area contributed by atoms with Crippen LogP contribution in [0.2, 0.25) is 0 Å². The first kappa shape index (κ1) is 21.4. The summed E-state index contributed by atoms with van der Waals surface area (Å²) in [6, 6.07) is 9.27. The third-order valence-electron chi connectivity index (χ3n) is 7.41. The molecule has 2 N–H and O–H groups in total. The Morgan fingerprint density at radius 3 is 2.63 bits per heavy atom. The van der Waals surface area contributed by atoms with Gasteiger partial charge in [0.1, 0.15) is 5.75 Å². The van der Waals surface area contributed by atoms with Gasteiger partial charge in [-0.15, -0.1) is 0 Å². The Bertz CT molecular complexity index is 727. The summed E-state index contributed by atoms with van der Waals surface area (Å²) < 4.78 is 11.3. The Balaban J connectivity index is 1.42. The summed E-state index contributed by atoms with van der Waals surface area (Å²) >= 11 is 0. The molecule has 0 bridgehead atoms. The molecule has 2 saturated heterocycles. The molecule has 3 fully saturated rings. The number of piperidine rings is 1. The average Bonchev–Trinajstić information content (AvgIpc) is 3.24. The van der Waals surface area contributed by atoms with Crippen LogP contribution in [0.15, 0.2) is 29.3 Å². The molecule has 1 saturated carbocycles. The minimum absolute atomic E-state index is 0.140. The highest BCUT2D eigenvalue weighted by Crippen LogP contribution is 2.52. The van der Waals surface area contributed by atoms with E-state index in [0.29, 0.717) is 24.1 Å². The van der Waals surface area contributed by atoms with Gasteiger partial charge >= 0.3 is 0 Å². The number of ether oxygens (including phenoxy) is 2. The number of methoxy groups -OCH3 is 1. The van der Waals surface area contributed by atoms with E-state index in [-0.39, 0.29) is 5.41 Å². The van der Waals surface area contributed by atoms with Gasteiger partial charge in [0, 0.05) is 37.6 Å². The highest BCUT2D eigenvalue weighted by atomic mass is 16.5. The third-order valence-corrected chi connectivity index (χ3v) is 7.41. The molecule has 2 aliphatic heterocycles. The molecular weight excluding hydrogens is 376 g/mol. The van der Waals surface area contributed by atoms with E-state index in [1.54, 1.807) is 7.11 Å². The molecule has 0 spiro atoms. The molecule has 6 nitrogen and oxygen atoms in total. The van der Waals surface area contributed by atoms with Gasteiger partial charge in [-0.1, -0.05) is 32.4 Å². The standard InChI is InChI=1S/C24H38N4O2/c1-24(2)21(19-12-15-30-22(19)24)27-23(25-3)26-16-20(28-13-6-5-7-14-28)17-8-10-18(29-4)11-9-17/h8-11,19-22H,5-7,12-16H2,1-4H3,(H2,25,26,27). The highest BCUT2D eigenvalue weighted by Gasteiger charge is 2.59. The predicted octanol–water partition coefficient (Wildman–Crippen LogP) is 3.20. The SMILES string of the molecule is CN=C(NCC(c1ccc(OC)cc1)N1CCCCC1)NC1C2CCOC2C1(C)C. The fraction of sp³-hybridized carbons (Fsp3) is 0.708. The van der Waals surface area contributed by atoms with Crippen LogP contribution in [0.4, 0.5) is 0 Å². The van der Waals surface area contributed by atoms with E-state index in [0.717, 1.165) is 44.4 Å². The molecule has 30 heavy (non-hydrogen) atoms. The van der Waals surface area contributed by atoms with Crippen LogP contribution in [0, 0.1) is 11.3 Å². The molecule has 1 aliphatic carbocycles. The molecule has 4 atom stereocenters. The highest BCUT2D eigenvalue weighted by molar-refractivity contribution is 5.80. The summed E-state index contributed by atoms with van der Waals surface area (Å²) in [5.41, 5.74) is 1.47.